The fraction of sp³-hybridized carbons (Fsp3) is 0.150. The van der Waals surface area contributed by atoms with Crippen molar-refractivity contribution >= 4 is 23.9 Å². The van der Waals surface area contributed by atoms with E-state index >= 15 is 0 Å². The molecule has 3 rings (SSSR count). The van der Waals surface area contributed by atoms with E-state index in [4.69, 9.17) is 0 Å². The minimum atomic E-state index is -0.380. The molecule has 26 heavy (non-hydrogen) atoms. The minimum absolute atomic E-state index is 0.163. The van der Waals surface area contributed by atoms with Gasteiger partial charge in [-0.15, -0.1) is 11.8 Å². The summed E-state index contributed by atoms with van der Waals surface area (Å²) >= 11 is 1.50. The van der Waals surface area contributed by atoms with Crippen molar-refractivity contribution in [2.24, 2.45) is 5.10 Å². The molecule has 1 heterocycles. The van der Waals surface area contributed by atoms with E-state index in [1.807, 2.05) is 73.8 Å². The number of carbonyl (C=O) groups is 1. The summed E-state index contributed by atoms with van der Waals surface area (Å²) in [6, 6.07) is 19.6. The summed E-state index contributed by atoms with van der Waals surface area (Å²) in [5, 5.41) is 7.89. The van der Waals surface area contributed by atoms with Crippen LogP contribution in [-0.2, 0) is 11.3 Å². The van der Waals surface area contributed by atoms with E-state index in [1.165, 1.54) is 11.8 Å². The van der Waals surface area contributed by atoms with Crippen LogP contribution in [0.25, 0.3) is 0 Å². The standard InChI is InChI=1S/C20H20N4OS/c1-2-24-15-16(14-22-24)13-21-23-20(25)19(17-9-5-3-6-10-17)26-18-11-7-4-8-12-18/h3-15,19H,2H2,1H3,(H,23,25)/b21-13-/t19-/m0/s1. The van der Waals surface area contributed by atoms with Crippen molar-refractivity contribution in [1.82, 2.24) is 15.2 Å². The van der Waals surface area contributed by atoms with Crippen LogP contribution < -0.4 is 5.43 Å². The number of nitrogens with one attached hydrogen (secondary N) is 1. The first-order chi connectivity index (χ1) is 12.8. The van der Waals surface area contributed by atoms with Crippen molar-refractivity contribution in [1.29, 1.82) is 0 Å². The zero-order valence-electron chi connectivity index (χ0n) is 14.4. The Kier molecular flexibility index (Phi) is 6.22. The summed E-state index contributed by atoms with van der Waals surface area (Å²) in [6.07, 6.45) is 5.20. The van der Waals surface area contributed by atoms with E-state index < -0.39 is 0 Å². The number of benzene rings is 2. The Hall–Kier alpha value is -2.86. The predicted molar refractivity (Wildman–Crippen MR) is 105 cm³/mol. The minimum Gasteiger partial charge on any atom is -0.272 e. The topological polar surface area (TPSA) is 59.3 Å². The molecule has 0 bridgehead atoms. The summed E-state index contributed by atoms with van der Waals surface area (Å²) in [6.45, 7) is 2.81. The molecule has 0 aliphatic rings. The van der Waals surface area contributed by atoms with Crippen LogP contribution in [0.15, 0.2) is 83.1 Å². The first-order valence-electron chi connectivity index (χ1n) is 8.38. The van der Waals surface area contributed by atoms with Gasteiger partial charge in [0.15, 0.2) is 0 Å². The number of hydrazone groups is 1. The molecule has 0 aliphatic carbocycles. The van der Waals surface area contributed by atoms with E-state index in [1.54, 1.807) is 17.1 Å². The maximum Gasteiger partial charge on any atom is 0.258 e. The number of thioether (sulfide) groups is 1. The maximum atomic E-state index is 12.7. The second kappa shape index (κ2) is 9.01. The first-order valence-corrected chi connectivity index (χ1v) is 9.26. The summed E-state index contributed by atoms with van der Waals surface area (Å²) in [5.74, 6) is -0.163. The molecule has 3 aromatic rings. The van der Waals surface area contributed by atoms with Crippen LogP contribution in [0, 0.1) is 0 Å². The van der Waals surface area contributed by atoms with Crippen molar-refractivity contribution < 1.29 is 4.79 Å². The number of carbonyl (C=O) groups excluding carboxylic acids is 1. The molecule has 132 valence electrons. The molecule has 2 aromatic carbocycles. The van der Waals surface area contributed by atoms with Crippen LogP contribution in [0.2, 0.25) is 0 Å². The van der Waals surface area contributed by atoms with Gasteiger partial charge in [0, 0.05) is 23.2 Å². The second-order valence-corrected chi connectivity index (χ2v) is 6.76. The smallest absolute Gasteiger partial charge is 0.258 e. The Morgan fingerprint density at radius 1 is 1.19 bits per heavy atom. The van der Waals surface area contributed by atoms with Crippen LogP contribution in [0.3, 0.4) is 0 Å². The lowest BCUT2D eigenvalue weighted by molar-refractivity contribution is -0.120. The number of rotatable bonds is 7. The molecule has 0 unspecified atom stereocenters. The van der Waals surface area contributed by atoms with Crippen molar-refractivity contribution in [2.75, 3.05) is 0 Å². The third-order valence-electron chi connectivity index (χ3n) is 3.70. The van der Waals surface area contributed by atoms with Gasteiger partial charge in [-0.1, -0.05) is 48.5 Å². The SMILES string of the molecule is CCn1cc(/C=N\NC(=O)[C@@H](Sc2ccccc2)c2ccccc2)cn1. The number of hydrogen-bond donors (Lipinski definition) is 1. The zero-order valence-corrected chi connectivity index (χ0v) is 15.3. The summed E-state index contributed by atoms with van der Waals surface area (Å²) in [7, 11) is 0. The molecule has 1 aromatic heterocycles. The van der Waals surface area contributed by atoms with Crippen molar-refractivity contribution in [3.05, 3.63) is 84.2 Å². The molecule has 0 radical (unpaired) electrons. The maximum absolute atomic E-state index is 12.7. The van der Waals surface area contributed by atoms with Gasteiger partial charge in [0.1, 0.15) is 5.25 Å². The highest BCUT2D eigenvalue weighted by atomic mass is 32.2. The number of hydrogen-bond acceptors (Lipinski definition) is 4. The van der Waals surface area contributed by atoms with Crippen LogP contribution in [0.5, 0.6) is 0 Å². The van der Waals surface area contributed by atoms with Crippen LogP contribution in [0.4, 0.5) is 0 Å². The van der Waals surface area contributed by atoms with Crippen molar-refractivity contribution in [2.45, 2.75) is 23.6 Å². The molecule has 1 amide bonds. The summed E-state index contributed by atoms with van der Waals surface area (Å²) in [4.78, 5) is 13.8. The van der Waals surface area contributed by atoms with Gasteiger partial charge in [0.05, 0.1) is 12.4 Å². The lowest BCUT2D eigenvalue weighted by Crippen LogP contribution is -2.23. The van der Waals surface area contributed by atoms with Crippen molar-refractivity contribution in [3.63, 3.8) is 0 Å². The molecular formula is C20H20N4OS. The van der Waals surface area contributed by atoms with Gasteiger partial charge in [0.25, 0.3) is 5.91 Å². The molecule has 0 aliphatic heterocycles. The molecular weight excluding hydrogens is 344 g/mol. The van der Waals surface area contributed by atoms with E-state index in [9.17, 15) is 4.79 Å². The van der Waals surface area contributed by atoms with Gasteiger partial charge in [-0.05, 0) is 24.6 Å². The van der Waals surface area contributed by atoms with Crippen LogP contribution >= 0.6 is 11.8 Å². The largest absolute Gasteiger partial charge is 0.272 e. The third kappa shape index (κ3) is 4.83. The molecule has 6 heteroatoms. The monoisotopic (exact) mass is 364 g/mol. The molecule has 1 N–H and O–H groups in total. The van der Waals surface area contributed by atoms with Gasteiger partial charge in [0.2, 0.25) is 0 Å². The third-order valence-corrected chi connectivity index (χ3v) is 4.97. The Bertz CT molecular complexity index is 862. The van der Waals surface area contributed by atoms with Crippen LogP contribution in [0.1, 0.15) is 23.3 Å². The van der Waals surface area contributed by atoms with Gasteiger partial charge < -0.3 is 0 Å². The van der Waals surface area contributed by atoms with Gasteiger partial charge in [-0.3, -0.25) is 9.48 Å². The second-order valence-electron chi connectivity index (χ2n) is 5.59. The fourth-order valence-corrected chi connectivity index (χ4v) is 3.42. The van der Waals surface area contributed by atoms with E-state index in [0.29, 0.717) is 0 Å². The Morgan fingerprint density at radius 3 is 2.54 bits per heavy atom. The highest BCUT2D eigenvalue weighted by Crippen LogP contribution is 2.35. The molecule has 0 saturated heterocycles. The highest BCUT2D eigenvalue weighted by Gasteiger charge is 2.21. The first kappa shape index (κ1) is 17.9. The average molecular weight is 364 g/mol. The average Bonchev–Trinajstić information content (AvgIpc) is 3.15. The van der Waals surface area contributed by atoms with E-state index in [0.717, 1.165) is 22.6 Å². The summed E-state index contributed by atoms with van der Waals surface area (Å²) in [5.41, 5.74) is 4.43. The number of aromatic nitrogens is 2. The Balaban J connectivity index is 1.72. The molecule has 0 spiro atoms. The van der Waals surface area contributed by atoms with E-state index in [-0.39, 0.29) is 11.2 Å². The van der Waals surface area contributed by atoms with E-state index in [2.05, 4.69) is 15.6 Å². The lowest BCUT2D eigenvalue weighted by atomic mass is 10.1. The highest BCUT2D eigenvalue weighted by molar-refractivity contribution is 8.00. The quantitative estimate of drug-likeness (QED) is 0.393. The summed E-state index contributed by atoms with van der Waals surface area (Å²) < 4.78 is 1.81. The molecule has 1 atom stereocenters. The van der Waals surface area contributed by atoms with Crippen molar-refractivity contribution in [3.8, 4) is 0 Å². The van der Waals surface area contributed by atoms with Gasteiger partial charge >= 0.3 is 0 Å². The molecule has 0 fully saturated rings. The molecule has 0 saturated carbocycles. The molecule has 5 nitrogen and oxygen atoms in total. The number of nitrogens with zero attached hydrogens (tertiary/aromatic N) is 3. The number of aryl methyl sites for hydroxylation is 1. The Labute approximate surface area is 157 Å². The number of amides is 1. The zero-order chi connectivity index (χ0) is 18.2. The van der Waals surface area contributed by atoms with Crippen LogP contribution in [-0.4, -0.2) is 21.9 Å². The normalized spacial score (nSPS) is 12.2. The van der Waals surface area contributed by atoms with Gasteiger partial charge in [-0.2, -0.15) is 10.2 Å². The fourth-order valence-electron chi connectivity index (χ4n) is 2.38. The Morgan fingerprint density at radius 2 is 1.88 bits per heavy atom. The predicted octanol–water partition coefficient (Wildman–Crippen LogP) is 3.89. The lowest BCUT2D eigenvalue weighted by Gasteiger charge is -2.15. The van der Waals surface area contributed by atoms with Gasteiger partial charge in [-0.25, -0.2) is 5.43 Å².